The van der Waals surface area contributed by atoms with Gasteiger partial charge in [-0.2, -0.15) is 0 Å². The van der Waals surface area contributed by atoms with Gasteiger partial charge in [0.25, 0.3) is 0 Å². The number of hydrogen-bond donors (Lipinski definition) is 2. The lowest BCUT2D eigenvalue weighted by Crippen LogP contribution is -2.36. The molecule has 1 aliphatic heterocycles. The predicted octanol–water partition coefficient (Wildman–Crippen LogP) is 1.15. The van der Waals surface area contributed by atoms with Crippen molar-refractivity contribution in [3.63, 3.8) is 0 Å². The van der Waals surface area contributed by atoms with Crippen molar-refractivity contribution < 1.29 is 14.8 Å². The summed E-state index contributed by atoms with van der Waals surface area (Å²) in [6.45, 7) is 1.47. The topological polar surface area (TPSA) is 57.5 Å². The van der Waals surface area contributed by atoms with Crippen molar-refractivity contribution in [1.82, 2.24) is 0 Å². The number of hydrogen-bond acceptors (Lipinski definition) is 3. The van der Waals surface area contributed by atoms with Crippen molar-refractivity contribution in [2.75, 3.05) is 6.16 Å². The van der Waals surface area contributed by atoms with Crippen LogP contribution in [-0.4, -0.2) is 27.8 Å². The molecular formula is C11H15O3P. The number of benzene rings is 1. The van der Waals surface area contributed by atoms with Gasteiger partial charge in [0.15, 0.2) is 0 Å². The van der Waals surface area contributed by atoms with Crippen LogP contribution >= 0.6 is 7.14 Å². The molecule has 3 atom stereocenters. The van der Waals surface area contributed by atoms with Crippen LogP contribution in [0.3, 0.4) is 0 Å². The van der Waals surface area contributed by atoms with Gasteiger partial charge in [0.05, 0.1) is 6.10 Å². The van der Waals surface area contributed by atoms with Gasteiger partial charge < -0.3 is 14.8 Å². The Kier molecular flexibility index (Phi) is 2.50. The molecule has 2 rings (SSSR count). The number of aliphatic hydroxyl groups excluding tert-OH is 1. The van der Waals surface area contributed by atoms with E-state index in [1.165, 1.54) is 6.92 Å². The van der Waals surface area contributed by atoms with Gasteiger partial charge >= 0.3 is 0 Å². The summed E-state index contributed by atoms with van der Waals surface area (Å²) in [5, 5.41) is 18.9. The first-order chi connectivity index (χ1) is 6.98. The van der Waals surface area contributed by atoms with Crippen molar-refractivity contribution in [2.45, 2.75) is 24.8 Å². The van der Waals surface area contributed by atoms with Gasteiger partial charge in [-0.05, 0) is 13.3 Å². The van der Waals surface area contributed by atoms with E-state index in [4.69, 9.17) is 0 Å². The summed E-state index contributed by atoms with van der Waals surface area (Å²) in [6.07, 6.45) is -0.104. The molecule has 15 heavy (non-hydrogen) atoms. The Morgan fingerprint density at radius 2 is 2.00 bits per heavy atom. The van der Waals surface area contributed by atoms with E-state index in [9.17, 15) is 14.8 Å². The first-order valence-corrected chi connectivity index (χ1v) is 6.93. The largest absolute Gasteiger partial charge is 0.390 e. The highest BCUT2D eigenvalue weighted by molar-refractivity contribution is 7.73. The monoisotopic (exact) mass is 226 g/mol. The molecule has 1 aromatic carbocycles. The quantitative estimate of drug-likeness (QED) is 0.706. The minimum Gasteiger partial charge on any atom is -0.390 e. The molecule has 0 spiro atoms. The smallest absolute Gasteiger partial charge is 0.147 e. The number of rotatable bonds is 1. The summed E-state index contributed by atoms with van der Waals surface area (Å²) < 4.78 is 12.7. The van der Waals surface area contributed by atoms with Crippen molar-refractivity contribution in [1.29, 1.82) is 0 Å². The summed E-state index contributed by atoms with van der Waals surface area (Å²) >= 11 is 0. The van der Waals surface area contributed by atoms with Crippen LogP contribution in [0, 0.1) is 0 Å². The first-order valence-electron chi connectivity index (χ1n) is 5.04. The number of aliphatic hydroxyl groups is 2. The Morgan fingerprint density at radius 3 is 2.47 bits per heavy atom. The van der Waals surface area contributed by atoms with Crippen LogP contribution < -0.4 is 5.30 Å². The zero-order chi connectivity index (χ0) is 11.1. The summed E-state index contributed by atoms with van der Waals surface area (Å²) in [4.78, 5) is 0. The van der Waals surface area contributed by atoms with Crippen molar-refractivity contribution in [3.05, 3.63) is 30.3 Å². The van der Waals surface area contributed by atoms with E-state index in [-0.39, 0.29) is 0 Å². The Morgan fingerprint density at radius 1 is 1.40 bits per heavy atom. The Balaban J connectivity index is 2.49. The minimum absolute atomic E-state index is 0.380. The zero-order valence-electron chi connectivity index (χ0n) is 8.63. The summed E-state index contributed by atoms with van der Waals surface area (Å²) in [6, 6.07) is 8.96. The SMILES string of the molecule is CC1(O)C(O)CCP1(=O)c1ccccc1. The van der Waals surface area contributed by atoms with Gasteiger partial charge in [-0.15, -0.1) is 0 Å². The second-order valence-electron chi connectivity index (χ2n) is 4.20. The van der Waals surface area contributed by atoms with E-state index < -0.39 is 18.6 Å². The van der Waals surface area contributed by atoms with Gasteiger partial charge in [-0.25, -0.2) is 0 Å². The summed E-state index contributed by atoms with van der Waals surface area (Å²) in [5.74, 6) is 0. The first kappa shape index (κ1) is 10.9. The molecule has 0 aliphatic carbocycles. The molecule has 2 N–H and O–H groups in total. The normalized spacial score (nSPS) is 40.6. The average Bonchev–Trinajstić information content (AvgIpc) is 2.45. The molecule has 0 saturated carbocycles. The van der Waals surface area contributed by atoms with E-state index in [1.807, 2.05) is 6.07 Å². The summed E-state index contributed by atoms with van der Waals surface area (Å²) in [5.41, 5.74) is 0. The molecule has 1 saturated heterocycles. The second kappa shape index (κ2) is 3.44. The molecule has 4 heteroatoms. The van der Waals surface area contributed by atoms with Gasteiger partial charge in [0.1, 0.15) is 12.5 Å². The Hall–Kier alpha value is -0.630. The van der Waals surface area contributed by atoms with Crippen LogP contribution in [0.2, 0.25) is 0 Å². The standard InChI is InChI=1S/C11H15O3P/c1-11(13)10(12)7-8-15(11,14)9-5-3-2-4-6-9/h2-6,10,12-13H,7-8H2,1H3. The maximum atomic E-state index is 12.7. The third-order valence-corrected chi connectivity index (χ3v) is 7.03. The second-order valence-corrected chi connectivity index (χ2v) is 7.55. The van der Waals surface area contributed by atoms with E-state index in [1.54, 1.807) is 24.3 Å². The van der Waals surface area contributed by atoms with Crippen molar-refractivity contribution in [2.24, 2.45) is 0 Å². The van der Waals surface area contributed by atoms with Crippen LogP contribution in [-0.2, 0) is 4.57 Å². The third-order valence-electron chi connectivity index (χ3n) is 3.25. The van der Waals surface area contributed by atoms with Gasteiger partial charge in [-0.1, -0.05) is 30.3 Å². The van der Waals surface area contributed by atoms with E-state index >= 15 is 0 Å². The maximum Gasteiger partial charge on any atom is 0.147 e. The van der Waals surface area contributed by atoms with Crippen LogP contribution in [0.1, 0.15) is 13.3 Å². The molecule has 82 valence electrons. The van der Waals surface area contributed by atoms with Gasteiger partial charge in [0, 0.05) is 11.5 Å². The molecule has 0 radical (unpaired) electrons. The highest BCUT2D eigenvalue weighted by Crippen LogP contribution is 2.62. The predicted molar refractivity (Wildman–Crippen MR) is 59.8 cm³/mol. The molecule has 0 bridgehead atoms. The van der Waals surface area contributed by atoms with Crippen LogP contribution in [0.4, 0.5) is 0 Å². The Labute approximate surface area is 89.1 Å². The van der Waals surface area contributed by atoms with Crippen LogP contribution in [0.15, 0.2) is 30.3 Å². The maximum absolute atomic E-state index is 12.7. The molecule has 3 unspecified atom stereocenters. The fourth-order valence-corrected chi connectivity index (χ4v) is 5.21. The molecule has 3 nitrogen and oxygen atoms in total. The highest BCUT2D eigenvalue weighted by Gasteiger charge is 2.54. The fourth-order valence-electron chi connectivity index (χ4n) is 2.10. The van der Waals surface area contributed by atoms with E-state index in [0.717, 1.165) is 0 Å². The minimum atomic E-state index is -2.88. The lowest BCUT2D eigenvalue weighted by molar-refractivity contribution is 0.00786. The van der Waals surface area contributed by atoms with E-state index in [2.05, 4.69) is 0 Å². The molecule has 0 amide bonds. The summed E-state index contributed by atoms with van der Waals surface area (Å²) in [7, 11) is -2.88. The Bertz CT molecular complexity index is 400. The van der Waals surface area contributed by atoms with Gasteiger partial charge in [-0.3, -0.25) is 0 Å². The zero-order valence-corrected chi connectivity index (χ0v) is 9.52. The molecule has 1 fully saturated rings. The fraction of sp³-hybridized carbons (Fsp3) is 0.455. The average molecular weight is 226 g/mol. The molecule has 0 aromatic heterocycles. The molecule has 1 aliphatic rings. The van der Waals surface area contributed by atoms with Crippen LogP contribution in [0.5, 0.6) is 0 Å². The van der Waals surface area contributed by atoms with Gasteiger partial charge in [0.2, 0.25) is 0 Å². The van der Waals surface area contributed by atoms with Crippen molar-refractivity contribution in [3.8, 4) is 0 Å². The molecule has 1 heterocycles. The lowest BCUT2D eigenvalue weighted by Gasteiger charge is -2.28. The highest BCUT2D eigenvalue weighted by atomic mass is 31.2. The van der Waals surface area contributed by atoms with Crippen LogP contribution in [0.25, 0.3) is 0 Å². The molecule has 1 aromatic rings. The van der Waals surface area contributed by atoms with Crippen molar-refractivity contribution >= 4 is 12.4 Å². The lowest BCUT2D eigenvalue weighted by atomic mass is 10.2. The third kappa shape index (κ3) is 1.46. The molecular weight excluding hydrogens is 211 g/mol. The van der Waals surface area contributed by atoms with E-state index in [0.29, 0.717) is 17.9 Å².